The Bertz CT molecular complexity index is 514. The number of hydrogen-bond donors (Lipinski definition) is 3. The van der Waals surface area contributed by atoms with Gasteiger partial charge in [0.05, 0.1) is 5.52 Å². The van der Waals surface area contributed by atoms with E-state index in [1.165, 1.54) is 6.20 Å². The molecule has 15 heavy (non-hydrogen) atoms. The molecule has 0 spiro atoms. The molecule has 0 fully saturated rings. The number of aromatic hydroxyl groups is 1. The van der Waals surface area contributed by atoms with E-state index in [2.05, 4.69) is 10.3 Å². The van der Waals surface area contributed by atoms with Crippen LogP contribution in [-0.2, 0) is 4.79 Å². The molecule has 1 aromatic heterocycles. The first-order valence-corrected chi connectivity index (χ1v) is 4.48. The van der Waals surface area contributed by atoms with Gasteiger partial charge in [0.15, 0.2) is 0 Å². The molecule has 4 nitrogen and oxygen atoms in total. The number of benzene rings is 1. The number of phenolic OH excluding ortho intramolecular Hbond substituents is 1. The third kappa shape index (κ3) is 1.69. The smallest absolute Gasteiger partial charge is 0.211 e. The molecule has 0 aliphatic heterocycles. The highest BCUT2D eigenvalue weighted by Crippen LogP contribution is 2.26. The molecule has 4 heteroatoms. The summed E-state index contributed by atoms with van der Waals surface area (Å²) in [5, 5.41) is 13.0. The van der Waals surface area contributed by atoms with E-state index in [-0.39, 0.29) is 5.75 Å². The standard InChI is InChI=1S/C11H10N2O2/c14-7-12-5-4-9-10(15)2-1-8-3-6-13-11(8)9/h1-7,13,15H,(H,12,14). The Hall–Kier alpha value is -2.23. The van der Waals surface area contributed by atoms with Crippen LogP contribution in [0.2, 0.25) is 0 Å². The number of hydrogen-bond acceptors (Lipinski definition) is 2. The molecular formula is C11H10N2O2. The molecule has 0 saturated carbocycles. The largest absolute Gasteiger partial charge is 0.507 e. The summed E-state index contributed by atoms with van der Waals surface area (Å²) < 4.78 is 0. The van der Waals surface area contributed by atoms with Crippen LogP contribution in [0.25, 0.3) is 17.0 Å². The number of carbonyl (C=O) groups is 1. The zero-order chi connectivity index (χ0) is 10.7. The molecule has 0 bridgehead atoms. The minimum absolute atomic E-state index is 0.175. The number of nitrogens with one attached hydrogen (secondary N) is 2. The Morgan fingerprint density at radius 1 is 1.33 bits per heavy atom. The zero-order valence-corrected chi connectivity index (χ0v) is 7.90. The summed E-state index contributed by atoms with van der Waals surface area (Å²) in [5.41, 5.74) is 1.51. The van der Waals surface area contributed by atoms with E-state index in [1.807, 2.05) is 12.1 Å². The molecule has 0 saturated heterocycles. The number of fused-ring (bicyclic) bond motifs is 1. The number of amides is 1. The average Bonchev–Trinajstić information content (AvgIpc) is 2.69. The van der Waals surface area contributed by atoms with Crippen molar-refractivity contribution in [3.8, 4) is 5.75 Å². The van der Waals surface area contributed by atoms with Gasteiger partial charge in [-0.25, -0.2) is 0 Å². The number of carbonyl (C=O) groups excluding carboxylic acids is 1. The van der Waals surface area contributed by atoms with Gasteiger partial charge in [0.2, 0.25) is 6.41 Å². The van der Waals surface area contributed by atoms with E-state index in [1.54, 1.807) is 18.3 Å². The predicted octanol–water partition coefficient (Wildman–Crippen LogP) is 1.59. The lowest BCUT2D eigenvalue weighted by molar-refractivity contribution is -0.108. The second kappa shape index (κ2) is 3.88. The van der Waals surface area contributed by atoms with Gasteiger partial charge in [0.25, 0.3) is 0 Å². The molecule has 3 N–H and O–H groups in total. The van der Waals surface area contributed by atoms with Crippen molar-refractivity contribution in [3.63, 3.8) is 0 Å². The molecule has 2 aromatic rings. The molecule has 1 heterocycles. The summed E-state index contributed by atoms with van der Waals surface area (Å²) in [6.07, 6.45) is 5.49. The molecule has 0 aliphatic rings. The SMILES string of the molecule is O=CNC=Cc1c(O)ccc2cc[nH]c12. The first-order chi connectivity index (χ1) is 7.33. The van der Waals surface area contributed by atoms with Crippen LogP contribution in [0, 0.1) is 0 Å². The van der Waals surface area contributed by atoms with Crippen LogP contribution in [0.3, 0.4) is 0 Å². The predicted molar refractivity (Wildman–Crippen MR) is 58.2 cm³/mol. The summed E-state index contributed by atoms with van der Waals surface area (Å²) in [6.45, 7) is 0. The van der Waals surface area contributed by atoms with Gasteiger partial charge in [-0.3, -0.25) is 4.79 Å². The molecule has 1 aromatic carbocycles. The minimum atomic E-state index is 0.175. The van der Waals surface area contributed by atoms with Crippen molar-refractivity contribution in [3.05, 3.63) is 36.2 Å². The fraction of sp³-hybridized carbons (Fsp3) is 0. The molecular weight excluding hydrogens is 192 g/mol. The van der Waals surface area contributed by atoms with Crippen LogP contribution in [-0.4, -0.2) is 16.5 Å². The van der Waals surface area contributed by atoms with Gasteiger partial charge in [0, 0.05) is 23.3 Å². The van der Waals surface area contributed by atoms with Crippen molar-refractivity contribution >= 4 is 23.4 Å². The van der Waals surface area contributed by atoms with Gasteiger partial charge in [-0.05, 0) is 24.3 Å². The summed E-state index contributed by atoms with van der Waals surface area (Å²) in [7, 11) is 0. The van der Waals surface area contributed by atoms with E-state index < -0.39 is 0 Å². The van der Waals surface area contributed by atoms with E-state index >= 15 is 0 Å². The van der Waals surface area contributed by atoms with E-state index in [0.29, 0.717) is 12.0 Å². The van der Waals surface area contributed by atoms with Crippen LogP contribution < -0.4 is 5.32 Å². The normalized spacial score (nSPS) is 10.9. The van der Waals surface area contributed by atoms with Crippen LogP contribution in [0.4, 0.5) is 0 Å². The summed E-state index contributed by atoms with van der Waals surface area (Å²) in [4.78, 5) is 13.1. The van der Waals surface area contributed by atoms with Gasteiger partial charge >= 0.3 is 0 Å². The number of rotatable bonds is 3. The highest BCUT2D eigenvalue weighted by molar-refractivity contribution is 5.90. The van der Waals surface area contributed by atoms with Crippen molar-refractivity contribution in [1.82, 2.24) is 10.3 Å². The lowest BCUT2D eigenvalue weighted by Gasteiger charge is -2.00. The third-order valence-electron chi connectivity index (χ3n) is 2.16. The quantitative estimate of drug-likeness (QED) is 0.662. The number of H-pyrrole nitrogens is 1. The molecule has 0 aliphatic carbocycles. The summed E-state index contributed by atoms with van der Waals surface area (Å²) in [5.74, 6) is 0.175. The van der Waals surface area contributed by atoms with Gasteiger partial charge < -0.3 is 15.4 Å². The molecule has 2 rings (SSSR count). The number of aromatic nitrogens is 1. The Morgan fingerprint density at radius 3 is 3.00 bits per heavy atom. The topological polar surface area (TPSA) is 65.1 Å². The van der Waals surface area contributed by atoms with Crippen molar-refractivity contribution in [2.75, 3.05) is 0 Å². The van der Waals surface area contributed by atoms with Crippen molar-refractivity contribution in [2.24, 2.45) is 0 Å². The second-order valence-corrected chi connectivity index (χ2v) is 3.06. The molecule has 1 amide bonds. The lowest BCUT2D eigenvalue weighted by Crippen LogP contribution is -1.98. The monoisotopic (exact) mass is 202 g/mol. The lowest BCUT2D eigenvalue weighted by atomic mass is 10.1. The molecule has 0 atom stereocenters. The van der Waals surface area contributed by atoms with Gasteiger partial charge in [-0.1, -0.05) is 0 Å². The van der Waals surface area contributed by atoms with Gasteiger partial charge in [-0.15, -0.1) is 0 Å². The fourth-order valence-corrected chi connectivity index (χ4v) is 1.48. The highest BCUT2D eigenvalue weighted by atomic mass is 16.3. The van der Waals surface area contributed by atoms with Gasteiger partial charge in [0.1, 0.15) is 5.75 Å². The Balaban J connectivity index is 2.51. The number of phenols is 1. The van der Waals surface area contributed by atoms with Crippen LogP contribution >= 0.6 is 0 Å². The van der Waals surface area contributed by atoms with Gasteiger partial charge in [-0.2, -0.15) is 0 Å². The summed E-state index contributed by atoms with van der Waals surface area (Å²) in [6, 6.07) is 5.36. The minimum Gasteiger partial charge on any atom is -0.507 e. The van der Waals surface area contributed by atoms with Crippen LogP contribution in [0.5, 0.6) is 5.75 Å². The Kier molecular flexibility index (Phi) is 2.41. The highest BCUT2D eigenvalue weighted by Gasteiger charge is 2.03. The van der Waals surface area contributed by atoms with Crippen molar-refractivity contribution in [1.29, 1.82) is 0 Å². The molecule has 0 unspecified atom stereocenters. The van der Waals surface area contributed by atoms with Crippen LogP contribution in [0.1, 0.15) is 5.56 Å². The fourth-order valence-electron chi connectivity index (χ4n) is 1.48. The maximum absolute atomic E-state index is 10.1. The Morgan fingerprint density at radius 2 is 2.20 bits per heavy atom. The number of aromatic amines is 1. The van der Waals surface area contributed by atoms with E-state index in [9.17, 15) is 9.90 Å². The molecule has 76 valence electrons. The molecule has 0 radical (unpaired) electrons. The van der Waals surface area contributed by atoms with Crippen molar-refractivity contribution in [2.45, 2.75) is 0 Å². The van der Waals surface area contributed by atoms with Crippen LogP contribution in [0.15, 0.2) is 30.6 Å². The maximum Gasteiger partial charge on any atom is 0.211 e. The van der Waals surface area contributed by atoms with E-state index in [0.717, 1.165) is 10.9 Å². The first kappa shape index (κ1) is 9.33. The van der Waals surface area contributed by atoms with Crippen molar-refractivity contribution < 1.29 is 9.90 Å². The maximum atomic E-state index is 10.1. The Labute approximate surface area is 86.2 Å². The summed E-state index contributed by atoms with van der Waals surface area (Å²) >= 11 is 0. The third-order valence-corrected chi connectivity index (χ3v) is 2.16. The zero-order valence-electron chi connectivity index (χ0n) is 7.90. The van der Waals surface area contributed by atoms with E-state index in [4.69, 9.17) is 0 Å². The average molecular weight is 202 g/mol. The first-order valence-electron chi connectivity index (χ1n) is 4.48. The second-order valence-electron chi connectivity index (χ2n) is 3.06.